The molecule has 1 N–H and O–H groups in total. The number of nitrogens with zero attached hydrogens (tertiary/aromatic N) is 5. The molecule has 2 amide bonds. The molecule has 1 spiro atoms. The minimum Gasteiger partial charge on any atom is -0.490 e. The second kappa shape index (κ2) is 16.8. The van der Waals surface area contributed by atoms with E-state index in [1.165, 1.54) is 34.7 Å². The van der Waals surface area contributed by atoms with Crippen molar-refractivity contribution in [2.24, 2.45) is 35.1 Å². The van der Waals surface area contributed by atoms with Crippen LogP contribution in [-0.4, -0.2) is 109 Å². The molecular weight excluding hydrogens is 769 g/mol. The number of methoxy groups -OCH3 is 2. The first kappa shape index (κ1) is 41.7. The van der Waals surface area contributed by atoms with E-state index in [1.54, 1.807) is 13.1 Å². The van der Waals surface area contributed by atoms with Crippen molar-refractivity contribution in [2.75, 3.05) is 65.2 Å². The van der Waals surface area contributed by atoms with Gasteiger partial charge in [-0.05, 0) is 132 Å². The summed E-state index contributed by atoms with van der Waals surface area (Å²) in [4.78, 5) is 32.9. The Bertz CT molecular complexity index is 2180. The number of rotatable bonds is 7. The molecule has 2 aliphatic carbocycles. The van der Waals surface area contributed by atoms with Gasteiger partial charge in [-0.15, -0.1) is 9.46 Å². The summed E-state index contributed by atoms with van der Waals surface area (Å²) < 4.78 is 49.2. The van der Waals surface area contributed by atoms with Gasteiger partial charge in [-0.3, -0.25) is 19.0 Å². The molecule has 2 fully saturated rings. The van der Waals surface area contributed by atoms with Crippen LogP contribution >= 0.6 is 0 Å². The largest absolute Gasteiger partial charge is 0.490 e. The predicted octanol–water partition coefficient (Wildman–Crippen LogP) is 5.97. The number of carbonyl (C=O) groups is 2. The SMILES string of the molecule is COc1nn(C)cc1C(=O)NS1(=O)=NC(=O)c2ccc3c(c2)N(C[C@@H]2CC[C@H]2[C@@H](OC)C[C@H]2C[C@H](CCN(C)C)O[C@@H]2[C@H](C)C1)C[C@@]1(CCCc2cc(C)ccc21)CO3. The van der Waals surface area contributed by atoms with Crippen molar-refractivity contribution in [2.45, 2.75) is 88.9 Å². The van der Waals surface area contributed by atoms with Crippen molar-refractivity contribution in [3.63, 3.8) is 0 Å². The summed E-state index contributed by atoms with van der Waals surface area (Å²) in [5.41, 5.74) is 5.00. The number of hydrogen-bond donors (Lipinski definition) is 1. The molecule has 1 aromatic heterocycles. The Hall–Kier alpha value is -3.98. The van der Waals surface area contributed by atoms with Crippen LogP contribution in [0, 0.1) is 30.6 Å². The number of fused-ring (bicyclic) bond motifs is 5. The summed E-state index contributed by atoms with van der Waals surface area (Å²) >= 11 is 0. The minimum absolute atomic E-state index is 0.0193. The average Bonchev–Trinajstić information content (AvgIpc) is 3.75. The van der Waals surface area contributed by atoms with Gasteiger partial charge in [-0.2, -0.15) is 0 Å². The van der Waals surface area contributed by atoms with Crippen LogP contribution in [0.15, 0.2) is 47.0 Å². The topological polar surface area (TPSA) is 137 Å². The fourth-order valence-corrected chi connectivity index (χ4v) is 12.6. The van der Waals surface area contributed by atoms with E-state index in [0.29, 0.717) is 18.4 Å². The molecule has 3 aliphatic heterocycles. The molecule has 5 aliphatic rings. The molecule has 59 heavy (non-hydrogen) atoms. The number of nitrogens with one attached hydrogen (secondary N) is 1. The van der Waals surface area contributed by atoms with E-state index in [4.69, 9.17) is 18.9 Å². The summed E-state index contributed by atoms with van der Waals surface area (Å²) in [5, 5.41) is 4.22. The van der Waals surface area contributed by atoms with Gasteiger partial charge in [0.15, 0.2) is 0 Å². The molecule has 13 nitrogen and oxygen atoms in total. The Kier molecular flexibility index (Phi) is 11.9. The van der Waals surface area contributed by atoms with E-state index >= 15 is 4.21 Å². The van der Waals surface area contributed by atoms with Gasteiger partial charge in [-0.1, -0.05) is 30.7 Å². The lowest BCUT2D eigenvalue weighted by atomic mass is 9.67. The lowest BCUT2D eigenvalue weighted by Gasteiger charge is -2.47. The van der Waals surface area contributed by atoms with Gasteiger partial charge in [0.1, 0.15) is 21.2 Å². The number of anilines is 1. The van der Waals surface area contributed by atoms with Crippen LogP contribution < -0.4 is 19.1 Å². The van der Waals surface area contributed by atoms with Gasteiger partial charge in [0.2, 0.25) is 5.88 Å². The molecule has 3 aromatic rings. The zero-order chi connectivity index (χ0) is 41.6. The molecule has 2 aromatic carbocycles. The minimum atomic E-state index is -3.72. The number of benzene rings is 2. The van der Waals surface area contributed by atoms with Crippen LogP contribution in [0.3, 0.4) is 0 Å². The summed E-state index contributed by atoms with van der Waals surface area (Å²) in [7, 11) is 5.35. The Balaban J connectivity index is 1.21. The third-order valence-corrected chi connectivity index (χ3v) is 15.7. The normalized spacial score (nSPS) is 31.9. The standard InChI is InChI=1S/C45H62N6O7S/c1-28-10-14-37-30(19-28)9-8-17-45(37)26-51-23-32-11-13-35(32)40(55-6)22-33-20-34(16-18-49(3)4)58-41(33)29(2)25-59(54,48-43(53)36-24-50(5)46-44(36)56-7)47-42(52)31-12-15-39(57-27-45)38(51)21-31/h10,12,14-15,19,21,24,29,32-35,40-41H,8-9,11,13,16-18,20,22-23,25-27H2,1-7H3,(H,47,48,52,53,54)/t29-,32+,33-,34+,35-,40+,41-,45+,59?/m1/s1. The summed E-state index contributed by atoms with van der Waals surface area (Å²) in [5.74, 6) is -0.0728. The Morgan fingerprint density at radius 1 is 1.12 bits per heavy atom. The average molecular weight is 831 g/mol. The maximum atomic E-state index is 15.2. The van der Waals surface area contributed by atoms with E-state index in [0.717, 1.165) is 82.4 Å². The molecule has 1 saturated heterocycles. The number of ether oxygens (including phenoxy) is 4. The first-order chi connectivity index (χ1) is 28.3. The van der Waals surface area contributed by atoms with E-state index in [-0.39, 0.29) is 58.3 Å². The van der Waals surface area contributed by atoms with Crippen molar-refractivity contribution in [1.29, 1.82) is 0 Å². The predicted molar refractivity (Wildman–Crippen MR) is 228 cm³/mol. The van der Waals surface area contributed by atoms with Crippen LogP contribution in [0.5, 0.6) is 11.6 Å². The van der Waals surface area contributed by atoms with E-state index < -0.39 is 21.7 Å². The summed E-state index contributed by atoms with van der Waals surface area (Å²) in [6, 6.07) is 12.3. The van der Waals surface area contributed by atoms with Crippen molar-refractivity contribution in [3.05, 3.63) is 70.4 Å². The highest BCUT2D eigenvalue weighted by molar-refractivity contribution is 7.92. The first-order valence-corrected chi connectivity index (χ1v) is 23.1. The van der Waals surface area contributed by atoms with Gasteiger partial charge < -0.3 is 28.7 Å². The van der Waals surface area contributed by atoms with Crippen LogP contribution in [0.2, 0.25) is 0 Å². The maximum Gasteiger partial charge on any atom is 0.286 e. The summed E-state index contributed by atoms with van der Waals surface area (Å²) in [6.45, 7) is 7.11. The van der Waals surface area contributed by atoms with Crippen molar-refractivity contribution in [3.8, 4) is 11.6 Å². The highest BCUT2D eigenvalue weighted by Gasteiger charge is 2.47. The Labute approximate surface area is 349 Å². The Morgan fingerprint density at radius 3 is 2.69 bits per heavy atom. The molecule has 1 saturated carbocycles. The first-order valence-electron chi connectivity index (χ1n) is 21.4. The molecule has 2 bridgehead atoms. The molecule has 8 rings (SSSR count). The van der Waals surface area contributed by atoms with Gasteiger partial charge in [0, 0.05) is 44.4 Å². The Morgan fingerprint density at radius 2 is 1.95 bits per heavy atom. The summed E-state index contributed by atoms with van der Waals surface area (Å²) in [6.07, 6.45) is 9.12. The van der Waals surface area contributed by atoms with Gasteiger partial charge in [0.05, 0.1) is 43.5 Å². The lowest BCUT2D eigenvalue weighted by Crippen LogP contribution is -2.50. The van der Waals surface area contributed by atoms with E-state index in [9.17, 15) is 9.59 Å². The van der Waals surface area contributed by atoms with Crippen LogP contribution in [0.25, 0.3) is 0 Å². The smallest absolute Gasteiger partial charge is 0.286 e. The van der Waals surface area contributed by atoms with E-state index in [2.05, 4.69) is 63.2 Å². The van der Waals surface area contributed by atoms with Crippen LogP contribution in [0.4, 0.5) is 5.69 Å². The van der Waals surface area contributed by atoms with Crippen LogP contribution in [-0.2, 0) is 38.3 Å². The van der Waals surface area contributed by atoms with Gasteiger partial charge in [0.25, 0.3) is 11.8 Å². The molecule has 14 heteroatoms. The molecule has 1 unspecified atom stereocenters. The third-order valence-electron chi connectivity index (χ3n) is 13.8. The number of hydrogen-bond acceptors (Lipinski definition) is 10. The molecular formula is C45H62N6O7S. The van der Waals surface area contributed by atoms with Gasteiger partial charge >= 0.3 is 0 Å². The molecule has 0 radical (unpaired) electrons. The fourth-order valence-electron chi connectivity index (χ4n) is 10.7. The third kappa shape index (κ3) is 8.52. The second-order valence-electron chi connectivity index (χ2n) is 18.3. The monoisotopic (exact) mass is 830 g/mol. The van der Waals surface area contributed by atoms with Crippen molar-refractivity contribution < 1.29 is 32.7 Å². The quantitative estimate of drug-likeness (QED) is 0.304. The number of amides is 2. The fraction of sp³-hybridized carbons (Fsp3) is 0.622. The van der Waals surface area contributed by atoms with Crippen LogP contribution in [0.1, 0.15) is 89.3 Å². The maximum absolute atomic E-state index is 15.2. The van der Waals surface area contributed by atoms with Crippen molar-refractivity contribution in [1.82, 2.24) is 19.4 Å². The zero-order valence-corrected chi connectivity index (χ0v) is 36.6. The number of aryl methyl sites for hydroxylation is 3. The highest BCUT2D eigenvalue weighted by atomic mass is 32.2. The lowest BCUT2D eigenvalue weighted by molar-refractivity contribution is -0.0448. The highest BCUT2D eigenvalue weighted by Crippen LogP contribution is 2.48. The number of aromatic nitrogens is 2. The van der Waals surface area contributed by atoms with Gasteiger partial charge in [-0.25, -0.2) is 4.21 Å². The second-order valence-corrected chi connectivity index (χ2v) is 20.3. The zero-order valence-electron chi connectivity index (χ0n) is 35.8. The molecule has 4 heterocycles. The number of carbonyl (C=O) groups excluding carboxylic acids is 2. The van der Waals surface area contributed by atoms with E-state index in [1.807, 2.05) is 26.2 Å². The molecule has 9 atom stereocenters. The van der Waals surface area contributed by atoms with Crippen molar-refractivity contribution >= 4 is 27.4 Å². The molecule has 320 valence electrons.